The van der Waals surface area contributed by atoms with Crippen molar-refractivity contribution in [3.05, 3.63) is 93.5 Å². The summed E-state index contributed by atoms with van der Waals surface area (Å²) < 4.78 is 13.9. The zero-order valence-electron chi connectivity index (χ0n) is 18.4. The van der Waals surface area contributed by atoms with Crippen LogP contribution in [0.25, 0.3) is 0 Å². The first-order chi connectivity index (χ1) is 15.4. The number of pyridine rings is 1. The number of H-pyrrole nitrogens is 1. The van der Waals surface area contributed by atoms with Crippen LogP contribution in [0.4, 0.5) is 10.1 Å². The van der Waals surface area contributed by atoms with Gasteiger partial charge in [0.2, 0.25) is 0 Å². The van der Waals surface area contributed by atoms with Crippen LogP contribution >= 0.6 is 12.2 Å². The first kappa shape index (κ1) is 22.2. The SMILES string of the molecule is Cc1c(NC(C)c2ccccc2)c(C(=O)N2CCC(c3ccc(F)cc3)CC2)c[nH]c1=S. The minimum atomic E-state index is -0.220. The lowest BCUT2D eigenvalue weighted by Gasteiger charge is -2.33. The van der Waals surface area contributed by atoms with E-state index in [2.05, 4.69) is 29.4 Å². The van der Waals surface area contributed by atoms with E-state index in [1.54, 1.807) is 6.20 Å². The monoisotopic (exact) mass is 449 g/mol. The van der Waals surface area contributed by atoms with E-state index in [9.17, 15) is 9.18 Å². The van der Waals surface area contributed by atoms with Gasteiger partial charge in [-0.15, -0.1) is 0 Å². The van der Waals surface area contributed by atoms with Crippen molar-refractivity contribution in [1.82, 2.24) is 9.88 Å². The third-order valence-corrected chi connectivity index (χ3v) is 6.77. The summed E-state index contributed by atoms with van der Waals surface area (Å²) >= 11 is 5.44. The Morgan fingerprint density at radius 1 is 1.12 bits per heavy atom. The summed E-state index contributed by atoms with van der Waals surface area (Å²) in [5.41, 5.74) is 4.55. The van der Waals surface area contributed by atoms with Crippen LogP contribution in [-0.2, 0) is 0 Å². The van der Waals surface area contributed by atoms with Crippen LogP contribution in [0.15, 0.2) is 60.8 Å². The summed E-state index contributed by atoms with van der Waals surface area (Å²) in [4.78, 5) is 18.5. The average Bonchev–Trinajstić information content (AvgIpc) is 2.83. The van der Waals surface area contributed by atoms with Gasteiger partial charge < -0.3 is 15.2 Å². The molecule has 6 heteroatoms. The number of carbonyl (C=O) groups excluding carboxylic acids is 1. The Labute approximate surface area is 193 Å². The van der Waals surface area contributed by atoms with Crippen LogP contribution < -0.4 is 5.32 Å². The number of benzene rings is 2. The molecule has 3 aromatic rings. The number of nitrogens with one attached hydrogen (secondary N) is 2. The smallest absolute Gasteiger partial charge is 0.257 e. The number of halogens is 1. The van der Waals surface area contributed by atoms with E-state index in [0.717, 1.165) is 35.2 Å². The number of hydrogen-bond acceptors (Lipinski definition) is 3. The van der Waals surface area contributed by atoms with E-state index < -0.39 is 0 Å². The number of aromatic nitrogens is 1. The Bertz CT molecular complexity index is 1140. The van der Waals surface area contributed by atoms with Gasteiger partial charge in [0.05, 0.1) is 11.3 Å². The predicted octanol–water partition coefficient (Wildman–Crippen LogP) is 6.38. The molecule has 1 fully saturated rings. The van der Waals surface area contributed by atoms with Gasteiger partial charge in [-0.25, -0.2) is 4.39 Å². The number of piperidine rings is 1. The molecular formula is C26H28FN3OS. The van der Waals surface area contributed by atoms with Crippen molar-refractivity contribution in [2.45, 2.75) is 38.6 Å². The average molecular weight is 450 g/mol. The predicted molar refractivity (Wildman–Crippen MR) is 129 cm³/mol. The summed E-state index contributed by atoms with van der Waals surface area (Å²) in [6.45, 7) is 5.36. The second kappa shape index (κ2) is 9.65. The molecule has 2 heterocycles. The number of amides is 1. The number of likely N-dealkylation sites (tertiary alicyclic amines) is 1. The quantitative estimate of drug-likeness (QED) is 0.444. The standard InChI is InChI=1S/C26H28FN3OS/c1-17-24(29-18(2)19-6-4-3-5-7-19)23(16-28-25(17)32)26(31)30-14-12-21(13-15-30)20-8-10-22(27)11-9-20/h3-11,16,18,21H,12-15H2,1-2H3,(H2,28,29,32). The fraction of sp³-hybridized carbons (Fsp3) is 0.308. The van der Waals surface area contributed by atoms with Crippen molar-refractivity contribution in [3.8, 4) is 0 Å². The number of carbonyl (C=O) groups is 1. The summed E-state index contributed by atoms with van der Waals surface area (Å²) in [7, 11) is 0. The van der Waals surface area contributed by atoms with Gasteiger partial charge in [0, 0.05) is 30.9 Å². The maximum absolute atomic E-state index is 13.5. The van der Waals surface area contributed by atoms with E-state index in [1.807, 2.05) is 42.2 Å². The van der Waals surface area contributed by atoms with Crippen LogP contribution in [0.1, 0.15) is 58.8 Å². The molecule has 1 aliphatic heterocycles. The number of hydrogen-bond donors (Lipinski definition) is 2. The molecule has 2 aromatic carbocycles. The van der Waals surface area contributed by atoms with Gasteiger partial charge in [0.25, 0.3) is 5.91 Å². The van der Waals surface area contributed by atoms with Gasteiger partial charge in [-0.3, -0.25) is 4.79 Å². The maximum Gasteiger partial charge on any atom is 0.257 e. The molecule has 0 spiro atoms. The number of nitrogens with zero attached hydrogens (tertiary/aromatic N) is 1. The lowest BCUT2D eigenvalue weighted by atomic mass is 9.89. The number of aromatic amines is 1. The highest BCUT2D eigenvalue weighted by Gasteiger charge is 2.27. The third-order valence-electron chi connectivity index (χ3n) is 6.35. The minimum absolute atomic E-state index is 0.000308. The van der Waals surface area contributed by atoms with Gasteiger partial charge >= 0.3 is 0 Å². The first-order valence-electron chi connectivity index (χ1n) is 11.0. The van der Waals surface area contributed by atoms with Gasteiger partial charge in [0.1, 0.15) is 10.5 Å². The second-order valence-electron chi connectivity index (χ2n) is 8.43. The minimum Gasteiger partial charge on any atom is -0.378 e. The summed E-state index contributed by atoms with van der Waals surface area (Å²) in [6, 6.07) is 16.9. The molecular weight excluding hydrogens is 421 g/mol. The van der Waals surface area contributed by atoms with Crippen LogP contribution in [-0.4, -0.2) is 28.9 Å². The highest BCUT2D eigenvalue weighted by Crippen LogP contribution is 2.31. The Balaban J connectivity index is 1.52. The summed E-state index contributed by atoms with van der Waals surface area (Å²) in [6.07, 6.45) is 3.45. The van der Waals surface area contributed by atoms with Crippen molar-refractivity contribution < 1.29 is 9.18 Å². The molecule has 0 bridgehead atoms. The van der Waals surface area contributed by atoms with E-state index in [-0.39, 0.29) is 17.8 Å². The van der Waals surface area contributed by atoms with Gasteiger partial charge in [-0.2, -0.15) is 0 Å². The molecule has 4 rings (SSSR count). The molecule has 0 saturated carbocycles. The molecule has 1 aromatic heterocycles. The second-order valence-corrected chi connectivity index (χ2v) is 8.83. The Morgan fingerprint density at radius 3 is 2.44 bits per heavy atom. The topological polar surface area (TPSA) is 48.1 Å². The number of anilines is 1. The van der Waals surface area contributed by atoms with Crippen LogP contribution in [0.3, 0.4) is 0 Å². The van der Waals surface area contributed by atoms with Crippen molar-refractivity contribution in [2.24, 2.45) is 0 Å². The maximum atomic E-state index is 13.5. The first-order valence-corrected chi connectivity index (χ1v) is 11.4. The van der Waals surface area contributed by atoms with Crippen LogP contribution in [0, 0.1) is 17.4 Å². The van der Waals surface area contributed by atoms with E-state index in [4.69, 9.17) is 12.2 Å². The van der Waals surface area contributed by atoms with Gasteiger partial charge in [-0.05, 0) is 55.9 Å². The van der Waals surface area contributed by atoms with E-state index in [1.165, 1.54) is 12.1 Å². The van der Waals surface area contributed by atoms with Gasteiger partial charge in [0.15, 0.2) is 0 Å². The number of rotatable bonds is 5. The lowest BCUT2D eigenvalue weighted by Crippen LogP contribution is -2.38. The molecule has 166 valence electrons. The molecule has 1 atom stereocenters. The molecule has 1 unspecified atom stereocenters. The molecule has 1 amide bonds. The molecule has 0 radical (unpaired) electrons. The highest BCUT2D eigenvalue weighted by molar-refractivity contribution is 7.71. The molecule has 4 nitrogen and oxygen atoms in total. The van der Waals surface area contributed by atoms with Crippen molar-refractivity contribution in [2.75, 3.05) is 18.4 Å². The molecule has 1 saturated heterocycles. The zero-order valence-corrected chi connectivity index (χ0v) is 19.2. The molecule has 1 aliphatic rings. The van der Waals surface area contributed by atoms with Crippen molar-refractivity contribution in [3.63, 3.8) is 0 Å². The third kappa shape index (κ3) is 4.75. The summed E-state index contributed by atoms with van der Waals surface area (Å²) in [5, 5.41) is 3.53. The molecule has 32 heavy (non-hydrogen) atoms. The lowest BCUT2D eigenvalue weighted by molar-refractivity contribution is 0.0713. The summed E-state index contributed by atoms with van der Waals surface area (Å²) in [5.74, 6) is 0.126. The molecule has 2 N–H and O–H groups in total. The fourth-order valence-corrected chi connectivity index (χ4v) is 4.51. The zero-order chi connectivity index (χ0) is 22.7. The largest absolute Gasteiger partial charge is 0.378 e. The van der Waals surface area contributed by atoms with E-state index >= 15 is 0 Å². The van der Waals surface area contributed by atoms with Crippen LogP contribution in [0.2, 0.25) is 0 Å². The Kier molecular flexibility index (Phi) is 6.70. The normalized spacial score (nSPS) is 15.4. The van der Waals surface area contributed by atoms with Crippen molar-refractivity contribution >= 4 is 23.8 Å². The van der Waals surface area contributed by atoms with Crippen molar-refractivity contribution in [1.29, 1.82) is 0 Å². The Hall–Kier alpha value is -2.99. The fourth-order valence-electron chi connectivity index (χ4n) is 4.35. The van der Waals surface area contributed by atoms with E-state index in [0.29, 0.717) is 29.2 Å². The van der Waals surface area contributed by atoms with Gasteiger partial charge in [-0.1, -0.05) is 54.7 Å². The van der Waals surface area contributed by atoms with Crippen LogP contribution in [0.5, 0.6) is 0 Å². The highest BCUT2D eigenvalue weighted by atomic mass is 32.1. The Morgan fingerprint density at radius 2 is 1.78 bits per heavy atom. The molecule has 0 aliphatic carbocycles.